The SMILES string of the molecule is CCCCSP(CC(C)C)SCCC. The van der Waals surface area contributed by atoms with Crippen LogP contribution in [0.3, 0.4) is 0 Å². The maximum atomic E-state index is 2.35. The third-order valence-electron chi connectivity index (χ3n) is 1.69. The predicted octanol–water partition coefficient (Wildman–Crippen LogP) is 5.63. The summed E-state index contributed by atoms with van der Waals surface area (Å²) >= 11 is 4.47. The first kappa shape index (κ1) is 15.1. The average Bonchev–Trinajstić information content (AvgIpc) is 2.13. The van der Waals surface area contributed by atoms with Gasteiger partial charge in [-0.25, -0.2) is 0 Å². The maximum absolute atomic E-state index is 2.35. The highest BCUT2D eigenvalue weighted by atomic mass is 33.1. The molecule has 0 aliphatic heterocycles. The van der Waals surface area contributed by atoms with Crippen LogP contribution in [0.25, 0.3) is 0 Å². The zero-order chi connectivity index (χ0) is 10.8. The lowest BCUT2D eigenvalue weighted by Crippen LogP contribution is -1.91. The smallest absolute Gasteiger partial charge is 0.0125 e. The molecule has 0 spiro atoms. The lowest BCUT2D eigenvalue weighted by Gasteiger charge is -2.17. The summed E-state index contributed by atoms with van der Waals surface area (Å²) in [7, 11) is 0. The van der Waals surface area contributed by atoms with Crippen molar-refractivity contribution in [3.8, 4) is 0 Å². The standard InChI is InChI=1S/C11H25PS2/c1-5-7-9-14-12(10-11(3)4)13-8-6-2/h11H,5-10H2,1-4H3. The fourth-order valence-corrected chi connectivity index (χ4v) is 9.65. The monoisotopic (exact) mass is 252 g/mol. The van der Waals surface area contributed by atoms with Gasteiger partial charge in [0.05, 0.1) is 0 Å². The first-order chi connectivity index (χ1) is 6.70. The Balaban J connectivity index is 3.61. The summed E-state index contributed by atoms with van der Waals surface area (Å²) in [5.74, 6) is 3.61. The van der Waals surface area contributed by atoms with Gasteiger partial charge in [-0.05, 0) is 36.4 Å². The van der Waals surface area contributed by atoms with Crippen molar-refractivity contribution in [1.82, 2.24) is 0 Å². The van der Waals surface area contributed by atoms with Crippen molar-refractivity contribution >= 4 is 29.1 Å². The fourth-order valence-electron chi connectivity index (χ4n) is 0.945. The van der Waals surface area contributed by atoms with E-state index in [4.69, 9.17) is 0 Å². The topological polar surface area (TPSA) is 0 Å². The van der Waals surface area contributed by atoms with Gasteiger partial charge in [-0.15, -0.1) is 22.8 Å². The largest absolute Gasteiger partial charge is 0.123 e. The van der Waals surface area contributed by atoms with Crippen LogP contribution in [0, 0.1) is 5.92 Å². The lowest BCUT2D eigenvalue weighted by atomic mass is 10.3. The molecule has 0 aliphatic carbocycles. The van der Waals surface area contributed by atoms with E-state index in [9.17, 15) is 0 Å². The summed E-state index contributed by atoms with van der Waals surface area (Å²) < 4.78 is 0. The molecule has 0 aromatic heterocycles. The predicted molar refractivity (Wildman–Crippen MR) is 76.7 cm³/mol. The zero-order valence-corrected chi connectivity index (χ0v) is 12.6. The molecule has 0 rings (SSSR count). The molecule has 0 amide bonds. The van der Waals surface area contributed by atoms with Crippen molar-refractivity contribution < 1.29 is 0 Å². The summed E-state index contributed by atoms with van der Waals surface area (Å²) in [5.41, 5.74) is 0. The molecular weight excluding hydrogens is 227 g/mol. The molecule has 0 radical (unpaired) electrons. The molecule has 0 bridgehead atoms. The Hall–Kier alpha value is 1.13. The van der Waals surface area contributed by atoms with Gasteiger partial charge in [0.25, 0.3) is 0 Å². The van der Waals surface area contributed by atoms with Crippen LogP contribution >= 0.6 is 29.1 Å². The third kappa shape index (κ3) is 9.68. The first-order valence-electron chi connectivity index (χ1n) is 5.74. The minimum atomic E-state index is 0.216. The Kier molecular flexibility index (Phi) is 11.5. The van der Waals surface area contributed by atoms with Gasteiger partial charge in [0.15, 0.2) is 0 Å². The summed E-state index contributed by atoms with van der Waals surface area (Å²) in [6.45, 7) is 9.27. The molecule has 0 aliphatic rings. The van der Waals surface area contributed by atoms with E-state index in [0.29, 0.717) is 0 Å². The molecule has 0 saturated heterocycles. The van der Waals surface area contributed by atoms with E-state index in [1.807, 2.05) is 0 Å². The molecule has 0 saturated carbocycles. The second-order valence-corrected chi connectivity index (χ2v) is 11.2. The quantitative estimate of drug-likeness (QED) is 0.385. The molecule has 86 valence electrons. The van der Waals surface area contributed by atoms with Gasteiger partial charge >= 0.3 is 0 Å². The Morgan fingerprint density at radius 1 is 1.00 bits per heavy atom. The highest BCUT2D eigenvalue weighted by molar-refractivity contribution is 8.88. The van der Waals surface area contributed by atoms with Crippen molar-refractivity contribution in [2.24, 2.45) is 5.92 Å². The molecule has 0 N–H and O–H groups in total. The summed E-state index contributed by atoms with van der Waals surface area (Å²) in [6.07, 6.45) is 5.72. The fraction of sp³-hybridized carbons (Fsp3) is 1.00. The molecule has 0 fully saturated rings. The van der Waals surface area contributed by atoms with E-state index >= 15 is 0 Å². The second kappa shape index (κ2) is 10.6. The van der Waals surface area contributed by atoms with Gasteiger partial charge < -0.3 is 0 Å². The van der Waals surface area contributed by atoms with Crippen LogP contribution in [-0.4, -0.2) is 17.7 Å². The Bertz CT molecular complexity index is 118. The minimum absolute atomic E-state index is 0.216. The van der Waals surface area contributed by atoms with E-state index in [0.717, 1.165) is 5.92 Å². The van der Waals surface area contributed by atoms with E-state index < -0.39 is 0 Å². The van der Waals surface area contributed by atoms with E-state index in [2.05, 4.69) is 50.5 Å². The van der Waals surface area contributed by atoms with Gasteiger partial charge in [-0.2, -0.15) is 0 Å². The Labute approximate surface area is 99.6 Å². The molecular formula is C11H25PS2. The average molecular weight is 252 g/mol. The zero-order valence-electron chi connectivity index (χ0n) is 10.1. The molecule has 1 unspecified atom stereocenters. The number of hydrogen-bond donors (Lipinski definition) is 0. The molecule has 0 aromatic carbocycles. The molecule has 0 heterocycles. The van der Waals surface area contributed by atoms with Crippen LogP contribution in [-0.2, 0) is 0 Å². The van der Waals surface area contributed by atoms with Crippen LogP contribution in [0.15, 0.2) is 0 Å². The summed E-state index contributed by atoms with van der Waals surface area (Å²) in [6, 6.07) is 0. The van der Waals surface area contributed by atoms with Crippen LogP contribution in [0.1, 0.15) is 47.0 Å². The van der Waals surface area contributed by atoms with Crippen molar-refractivity contribution in [2.75, 3.05) is 17.7 Å². The lowest BCUT2D eigenvalue weighted by molar-refractivity contribution is 0.749. The first-order valence-corrected chi connectivity index (χ1v) is 10.4. The van der Waals surface area contributed by atoms with Crippen molar-refractivity contribution in [1.29, 1.82) is 0 Å². The molecule has 1 atom stereocenters. The van der Waals surface area contributed by atoms with Gasteiger partial charge in [0.1, 0.15) is 0 Å². The Morgan fingerprint density at radius 3 is 2.14 bits per heavy atom. The van der Waals surface area contributed by atoms with Crippen molar-refractivity contribution in [3.63, 3.8) is 0 Å². The maximum Gasteiger partial charge on any atom is 0.0125 e. The van der Waals surface area contributed by atoms with E-state index in [1.54, 1.807) is 0 Å². The molecule has 0 aromatic rings. The number of rotatable bonds is 9. The summed E-state index contributed by atoms with van der Waals surface area (Å²) in [4.78, 5) is 0. The van der Waals surface area contributed by atoms with Gasteiger partial charge in [0, 0.05) is 6.33 Å². The summed E-state index contributed by atoms with van der Waals surface area (Å²) in [5, 5.41) is 0. The van der Waals surface area contributed by atoms with E-state index in [1.165, 1.54) is 36.9 Å². The minimum Gasteiger partial charge on any atom is -0.123 e. The van der Waals surface area contributed by atoms with Crippen LogP contribution in [0.5, 0.6) is 0 Å². The van der Waals surface area contributed by atoms with Crippen molar-refractivity contribution in [3.05, 3.63) is 0 Å². The van der Waals surface area contributed by atoms with Gasteiger partial charge in [0.2, 0.25) is 0 Å². The van der Waals surface area contributed by atoms with E-state index in [-0.39, 0.29) is 6.33 Å². The Morgan fingerprint density at radius 2 is 1.64 bits per heavy atom. The van der Waals surface area contributed by atoms with Gasteiger partial charge in [-0.1, -0.05) is 34.1 Å². The second-order valence-electron chi connectivity index (χ2n) is 3.93. The van der Waals surface area contributed by atoms with Crippen LogP contribution in [0.2, 0.25) is 0 Å². The number of hydrogen-bond acceptors (Lipinski definition) is 2. The normalized spacial score (nSPS) is 13.5. The van der Waals surface area contributed by atoms with Crippen molar-refractivity contribution in [2.45, 2.75) is 47.0 Å². The molecule has 3 heteroatoms. The highest BCUT2D eigenvalue weighted by Gasteiger charge is 2.10. The highest BCUT2D eigenvalue weighted by Crippen LogP contribution is 2.61. The molecule has 14 heavy (non-hydrogen) atoms. The third-order valence-corrected chi connectivity index (χ3v) is 9.97. The van der Waals surface area contributed by atoms with Crippen LogP contribution in [0.4, 0.5) is 0 Å². The molecule has 0 nitrogen and oxygen atoms in total. The van der Waals surface area contributed by atoms with Crippen LogP contribution < -0.4 is 0 Å². The number of unbranched alkanes of at least 4 members (excludes halogenated alkanes) is 1. The van der Waals surface area contributed by atoms with Gasteiger partial charge in [-0.3, -0.25) is 0 Å².